The van der Waals surface area contributed by atoms with Crippen LogP contribution in [0.1, 0.15) is 43.9 Å². The van der Waals surface area contributed by atoms with Crippen molar-refractivity contribution >= 4 is 5.57 Å². The molecule has 0 aromatic heterocycles. The number of hydrogen-bond acceptors (Lipinski definition) is 1. The van der Waals surface area contributed by atoms with Gasteiger partial charge in [0.05, 0.1) is 0 Å². The van der Waals surface area contributed by atoms with Gasteiger partial charge >= 0.3 is 0 Å². The maximum Gasteiger partial charge on any atom is 0.0181 e. The Morgan fingerprint density at radius 2 is 2.00 bits per heavy atom. The van der Waals surface area contributed by atoms with Crippen molar-refractivity contribution in [3.8, 4) is 0 Å². The maximum atomic E-state index is 5.81. The molecule has 0 unspecified atom stereocenters. The molecule has 86 valence electrons. The molecule has 0 heterocycles. The smallest absolute Gasteiger partial charge is 0.0181 e. The first kappa shape index (κ1) is 11.4. The molecule has 0 amide bonds. The van der Waals surface area contributed by atoms with Crippen molar-refractivity contribution in [2.24, 2.45) is 5.73 Å². The quantitative estimate of drug-likeness (QED) is 0.764. The Balaban J connectivity index is 2.49. The zero-order valence-electron chi connectivity index (χ0n) is 10.5. The van der Waals surface area contributed by atoms with E-state index in [9.17, 15) is 0 Å². The molecule has 0 aliphatic heterocycles. The van der Waals surface area contributed by atoms with Crippen molar-refractivity contribution in [1.29, 1.82) is 0 Å². The van der Waals surface area contributed by atoms with Gasteiger partial charge in [-0.2, -0.15) is 0 Å². The number of rotatable bonds is 1. The van der Waals surface area contributed by atoms with Gasteiger partial charge < -0.3 is 5.73 Å². The molecule has 1 aromatic carbocycles. The zero-order chi connectivity index (χ0) is 11.8. The predicted octanol–water partition coefficient (Wildman–Crippen LogP) is 3.27. The second kappa shape index (κ2) is 4.06. The summed E-state index contributed by atoms with van der Waals surface area (Å²) in [5.41, 5.74) is 11.6. The zero-order valence-corrected chi connectivity index (χ0v) is 10.5. The van der Waals surface area contributed by atoms with E-state index in [1.165, 1.54) is 22.3 Å². The Labute approximate surface area is 98.4 Å². The Morgan fingerprint density at radius 1 is 1.25 bits per heavy atom. The van der Waals surface area contributed by atoms with Crippen LogP contribution in [0.2, 0.25) is 0 Å². The average molecular weight is 215 g/mol. The molecule has 0 radical (unpaired) electrons. The molecule has 16 heavy (non-hydrogen) atoms. The number of benzene rings is 1. The normalized spacial score (nSPS) is 15.6. The van der Waals surface area contributed by atoms with Gasteiger partial charge in [-0.05, 0) is 40.5 Å². The summed E-state index contributed by atoms with van der Waals surface area (Å²) in [6, 6.07) is 6.87. The molecule has 1 nitrogen and oxygen atoms in total. The van der Waals surface area contributed by atoms with Gasteiger partial charge in [0.15, 0.2) is 0 Å². The molecular weight excluding hydrogens is 194 g/mol. The highest BCUT2D eigenvalue weighted by molar-refractivity contribution is 5.72. The topological polar surface area (TPSA) is 26.0 Å². The molecule has 0 fully saturated rings. The monoisotopic (exact) mass is 215 g/mol. The fraction of sp³-hybridized carbons (Fsp3) is 0.467. The van der Waals surface area contributed by atoms with Crippen LogP contribution in [0.5, 0.6) is 0 Å². The molecule has 1 aliphatic rings. The van der Waals surface area contributed by atoms with Gasteiger partial charge in [0.2, 0.25) is 0 Å². The van der Waals surface area contributed by atoms with Crippen LogP contribution in [0.4, 0.5) is 0 Å². The summed E-state index contributed by atoms with van der Waals surface area (Å²) < 4.78 is 0. The standard InChI is InChI=1S/C15H21N/c1-15(2,3)13-8-7-11-5-4-6-12(10-16)14(11)9-13/h6-9H,4-5,10,16H2,1-3H3. The molecule has 2 N–H and O–H groups in total. The fourth-order valence-corrected chi connectivity index (χ4v) is 2.27. The highest BCUT2D eigenvalue weighted by Gasteiger charge is 2.17. The molecule has 0 saturated heterocycles. The molecule has 1 aromatic rings. The first-order valence-corrected chi connectivity index (χ1v) is 6.05. The third kappa shape index (κ3) is 2.05. The Morgan fingerprint density at radius 3 is 2.62 bits per heavy atom. The highest BCUT2D eigenvalue weighted by atomic mass is 14.5. The minimum atomic E-state index is 0.214. The largest absolute Gasteiger partial charge is 0.326 e. The number of aryl methyl sites for hydroxylation is 1. The van der Waals surface area contributed by atoms with Crippen LogP contribution in [-0.4, -0.2) is 6.54 Å². The van der Waals surface area contributed by atoms with Gasteiger partial charge in [-0.15, -0.1) is 0 Å². The Hall–Kier alpha value is -1.08. The second-order valence-corrected chi connectivity index (χ2v) is 5.59. The van der Waals surface area contributed by atoms with E-state index in [-0.39, 0.29) is 5.41 Å². The van der Waals surface area contributed by atoms with E-state index in [0.29, 0.717) is 6.54 Å². The Kier molecular flexibility index (Phi) is 2.90. The molecule has 0 bridgehead atoms. The minimum Gasteiger partial charge on any atom is -0.326 e. The predicted molar refractivity (Wildman–Crippen MR) is 70.5 cm³/mol. The summed E-state index contributed by atoms with van der Waals surface area (Å²) in [6.07, 6.45) is 4.58. The third-order valence-corrected chi connectivity index (χ3v) is 3.35. The molecule has 1 aliphatic carbocycles. The number of hydrogen-bond donors (Lipinski definition) is 1. The summed E-state index contributed by atoms with van der Waals surface area (Å²) in [5.74, 6) is 0. The second-order valence-electron chi connectivity index (χ2n) is 5.59. The summed E-state index contributed by atoms with van der Waals surface area (Å²) in [5, 5.41) is 0. The first-order chi connectivity index (χ1) is 7.52. The summed E-state index contributed by atoms with van der Waals surface area (Å²) in [6.45, 7) is 7.41. The highest BCUT2D eigenvalue weighted by Crippen LogP contribution is 2.31. The summed E-state index contributed by atoms with van der Waals surface area (Å²) in [7, 11) is 0. The molecule has 1 heteroatoms. The van der Waals surface area contributed by atoms with E-state index >= 15 is 0 Å². The van der Waals surface area contributed by atoms with Gasteiger partial charge in [0.25, 0.3) is 0 Å². The number of allylic oxidation sites excluding steroid dienone is 1. The van der Waals surface area contributed by atoms with E-state index < -0.39 is 0 Å². The van der Waals surface area contributed by atoms with Crippen molar-refractivity contribution in [3.05, 3.63) is 41.0 Å². The van der Waals surface area contributed by atoms with Crippen molar-refractivity contribution in [2.75, 3.05) is 6.54 Å². The van der Waals surface area contributed by atoms with Crippen molar-refractivity contribution in [3.63, 3.8) is 0 Å². The maximum absolute atomic E-state index is 5.81. The molecule has 0 atom stereocenters. The molecule has 0 saturated carbocycles. The van der Waals surface area contributed by atoms with Crippen LogP contribution >= 0.6 is 0 Å². The lowest BCUT2D eigenvalue weighted by Crippen LogP contribution is -2.14. The lowest BCUT2D eigenvalue weighted by molar-refractivity contribution is 0.589. The van der Waals surface area contributed by atoms with Gasteiger partial charge in [0, 0.05) is 6.54 Å². The number of nitrogens with two attached hydrogens (primary N) is 1. The van der Waals surface area contributed by atoms with E-state index in [1.807, 2.05) is 0 Å². The Bertz CT molecular complexity index is 422. The fourth-order valence-electron chi connectivity index (χ4n) is 2.27. The molecule has 2 rings (SSSR count). The van der Waals surface area contributed by atoms with Crippen LogP contribution in [0.25, 0.3) is 5.57 Å². The lowest BCUT2D eigenvalue weighted by Gasteiger charge is -2.23. The molecular formula is C15H21N. The van der Waals surface area contributed by atoms with Gasteiger partial charge in [-0.25, -0.2) is 0 Å². The van der Waals surface area contributed by atoms with Crippen LogP contribution in [0.3, 0.4) is 0 Å². The molecule has 0 spiro atoms. The van der Waals surface area contributed by atoms with E-state index in [1.54, 1.807) is 0 Å². The average Bonchev–Trinajstić information content (AvgIpc) is 2.26. The van der Waals surface area contributed by atoms with Gasteiger partial charge in [-0.1, -0.05) is 45.0 Å². The lowest BCUT2D eigenvalue weighted by atomic mass is 9.82. The van der Waals surface area contributed by atoms with Crippen molar-refractivity contribution in [2.45, 2.75) is 39.0 Å². The van der Waals surface area contributed by atoms with Crippen molar-refractivity contribution in [1.82, 2.24) is 0 Å². The van der Waals surface area contributed by atoms with Crippen LogP contribution < -0.4 is 5.73 Å². The van der Waals surface area contributed by atoms with Gasteiger partial charge in [0.1, 0.15) is 0 Å². The van der Waals surface area contributed by atoms with E-state index in [0.717, 1.165) is 12.8 Å². The van der Waals surface area contributed by atoms with Crippen LogP contribution in [0, 0.1) is 0 Å². The SMILES string of the molecule is CC(C)(C)c1ccc2c(c1)C(CN)=CCC2. The first-order valence-electron chi connectivity index (χ1n) is 6.05. The van der Waals surface area contributed by atoms with E-state index in [2.05, 4.69) is 45.0 Å². The van der Waals surface area contributed by atoms with Crippen LogP contribution in [-0.2, 0) is 11.8 Å². The van der Waals surface area contributed by atoms with Gasteiger partial charge in [-0.3, -0.25) is 0 Å². The summed E-state index contributed by atoms with van der Waals surface area (Å²) in [4.78, 5) is 0. The van der Waals surface area contributed by atoms with Crippen molar-refractivity contribution < 1.29 is 0 Å². The summed E-state index contributed by atoms with van der Waals surface area (Å²) >= 11 is 0. The number of fused-ring (bicyclic) bond motifs is 1. The third-order valence-electron chi connectivity index (χ3n) is 3.35. The minimum absolute atomic E-state index is 0.214. The van der Waals surface area contributed by atoms with Crippen LogP contribution in [0.15, 0.2) is 24.3 Å². The van der Waals surface area contributed by atoms with E-state index in [4.69, 9.17) is 5.73 Å².